The number of nitrogens with one attached hydrogen (secondary N) is 1. The van der Waals surface area contributed by atoms with Crippen molar-refractivity contribution in [1.29, 1.82) is 0 Å². The number of carbonyl (C=O) groups excluding carboxylic acids is 1. The molecule has 3 rings (SSSR count). The van der Waals surface area contributed by atoms with Crippen molar-refractivity contribution >= 4 is 11.7 Å². The Morgan fingerprint density at radius 2 is 1.73 bits per heavy atom. The number of furan rings is 1. The molecule has 0 saturated carbocycles. The standard InChI is InChI=1S/C23H26N2O5/c1-6-15-8-7-14(2)24-22(15)25-23(26)19-10-9-16(30-19)11-18-20(28-4)12-17(27-3)13-21(18)29-5/h7-10,12-13H,6,11H2,1-5H3,(H,24,25,26). The highest BCUT2D eigenvalue weighted by molar-refractivity contribution is 6.02. The molecule has 0 fully saturated rings. The quantitative estimate of drug-likeness (QED) is 0.592. The van der Waals surface area contributed by atoms with Crippen molar-refractivity contribution in [1.82, 2.24) is 4.98 Å². The summed E-state index contributed by atoms with van der Waals surface area (Å²) in [4.78, 5) is 17.1. The minimum absolute atomic E-state index is 0.210. The predicted octanol–water partition coefficient (Wildman–Crippen LogP) is 4.41. The highest BCUT2D eigenvalue weighted by Gasteiger charge is 2.18. The molecule has 1 aromatic carbocycles. The van der Waals surface area contributed by atoms with Gasteiger partial charge >= 0.3 is 0 Å². The van der Waals surface area contributed by atoms with Gasteiger partial charge in [-0.2, -0.15) is 0 Å². The third-order valence-electron chi connectivity index (χ3n) is 4.78. The van der Waals surface area contributed by atoms with Gasteiger partial charge in [0.05, 0.1) is 21.3 Å². The average molecular weight is 410 g/mol. The number of methoxy groups -OCH3 is 3. The van der Waals surface area contributed by atoms with Crippen LogP contribution in [0.4, 0.5) is 5.82 Å². The summed E-state index contributed by atoms with van der Waals surface area (Å²) in [5, 5.41) is 2.85. The Labute approximate surface area is 176 Å². The zero-order valence-corrected chi connectivity index (χ0v) is 17.9. The number of aromatic nitrogens is 1. The molecule has 2 heterocycles. The Morgan fingerprint density at radius 1 is 1.03 bits per heavy atom. The van der Waals surface area contributed by atoms with Crippen molar-refractivity contribution < 1.29 is 23.4 Å². The van der Waals surface area contributed by atoms with Crippen molar-refractivity contribution in [3.8, 4) is 17.2 Å². The summed E-state index contributed by atoms with van der Waals surface area (Å²) in [6.07, 6.45) is 1.16. The van der Waals surface area contributed by atoms with Crippen LogP contribution in [0.15, 0.2) is 40.8 Å². The van der Waals surface area contributed by atoms with Gasteiger partial charge in [0.25, 0.3) is 5.91 Å². The molecule has 7 heteroatoms. The number of pyridine rings is 1. The first-order chi connectivity index (χ1) is 14.5. The van der Waals surface area contributed by atoms with Crippen LogP contribution >= 0.6 is 0 Å². The topological polar surface area (TPSA) is 82.8 Å². The Kier molecular flexibility index (Phi) is 6.61. The zero-order chi connectivity index (χ0) is 21.7. The van der Waals surface area contributed by atoms with E-state index in [0.29, 0.717) is 35.2 Å². The molecule has 0 radical (unpaired) electrons. The van der Waals surface area contributed by atoms with Crippen LogP contribution in [-0.2, 0) is 12.8 Å². The Morgan fingerprint density at radius 3 is 2.33 bits per heavy atom. The number of aryl methyl sites for hydroxylation is 2. The molecule has 0 aliphatic carbocycles. The number of anilines is 1. The summed E-state index contributed by atoms with van der Waals surface area (Å²) >= 11 is 0. The number of hydrogen-bond acceptors (Lipinski definition) is 6. The van der Waals surface area contributed by atoms with E-state index in [1.54, 1.807) is 45.6 Å². The van der Waals surface area contributed by atoms with E-state index in [0.717, 1.165) is 23.2 Å². The normalized spacial score (nSPS) is 10.6. The fraction of sp³-hybridized carbons (Fsp3) is 0.304. The number of hydrogen-bond donors (Lipinski definition) is 1. The van der Waals surface area contributed by atoms with E-state index in [9.17, 15) is 4.79 Å². The highest BCUT2D eigenvalue weighted by Crippen LogP contribution is 2.35. The van der Waals surface area contributed by atoms with Crippen LogP contribution < -0.4 is 19.5 Å². The number of carbonyl (C=O) groups is 1. The minimum Gasteiger partial charge on any atom is -0.496 e. The molecular weight excluding hydrogens is 384 g/mol. The van der Waals surface area contributed by atoms with Crippen molar-refractivity contribution in [2.24, 2.45) is 0 Å². The molecule has 0 atom stereocenters. The van der Waals surface area contributed by atoms with Crippen LogP contribution in [0.2, 0.25) is 0 Å². The summed E-state index contributed by atoms with van der Waals surface area (Å²) in [5.41, 5.74) is 2.60. The molecule has 0 saturated heterocycles. The lowest BCUT2D eigenvalue weighted by Crippen LogP contribution is -2.14. The third kappa shape index (κ3) is 4.56. The molecule has 2 aromatic heterocycles. The molecule has 0 unspecified atom stereocenters. The molecule has 1 N–H and O–H groups in total. The van der Waals surface area contributed by atoms with Gasteiger partial charge in [0, 0.05) is 29.8 Å². The van der Waals surface area contributed by atoms with E-state index in [2.05, 4.69) is 10.3 Å². The third-order valence-corrected chi connectivity index (χ3v) is 4.78. The molecule has 7 nitrogen and oxygen atoms in total. The van der Waals surface area contributed by atoms with Gasteiger partial charge in [-0.05, 0) is 37.1 Å². The summed E-state index contributed by atoms with van der Waals surface area (Å²) < 4.78 is 22.0. The van der Waals surface area contributed by atoms with Crippen LogP contribution in [0.1, 0.15) is 40.1 Å². The first-order valence-corrected chi connectivity index (χ1v) is 9.64. The van der Waals surface area contributed by atoms with Crippen molar-refractivity contribution in [3.05, 3.63) is 64.7 Å². The largest absolute Gasteiger partial charge is 0.496 e. The summed E-state index contributed by atoms with van der Waals surface area (Å²) in [6, 6.07) is 10.9. The van der Waals surface area contributed by atoms with E-state index in [1.807, 2.05) is 26.0 Å². The van der Waals surface area contributed by atoms with E-state index in [-0.39, 0.29) is 11.7 Å². The minimum atomic E-state index is -0.345. The maximum absolute atomic E-state index is 12.7. The summed E-state index contributed by atoms with van der Waals surface area (Å²) in [7, 11) is 4.75. The van der Waals surface area contributed by atoms with Crippen LogP contribution in [0.5, 0.6) is 17.2 Å². The number of ether oxygens (including phenoxy) is 3. The van der Waals surface area contributed by atoms with Crippen LogP contribution in [0, 0.1) is 6.92 Å². The first-order valence-electron chi connectivity index (χ1n) is 9.64. The lowest BCUT2D eigenvalue weighted by Gasteiger charge is -2.14. The lowest BCUT2D eigenvalue weighted by atomic mass is 10.1. The van der Waals surface area contributed by atoms with E-state index < -0.39 is 0 Å². The van der Waals surface area contributed by atoms with Gasteiger partial charge in [0.2, 0.25) is 0 Å². The fourth-order valence-electron chi connectivity index (χ4n) is 3.17. The number of benzene rings is 1. The van der Waals surface area contributed by atoms with Crippen molar-refractivity contribution in [2.75, 3.05) is 26.6 Å². The number of nitrogens with zero attached hydrogens (tertiary/aromatic N) is 1. The average Bonchev–Trinajstić information content (AvgIpc) is 3.22. The van der Waals surface area contributed by atoms with Gasteiger partial charge < -0.3 is 23.9 Å². The van der Waals surface area contributed by atoms with Gasteiger partial charge in [-0.25, -0.2) is 4.98 Å². The molecule has 0 bridgehead atoms. The second-order valence-corrected chi connectivity index (χ2v) is 6.72. The molecule has 0 aliphatic rings. The zero-order valence-electron chi connectivity index (χ0n) is 17.9. The van der Waals surface area contributed by atoms with Gasteiger partial charge in [0.1, 0.15) is 28.8 Å². The monoisotopic (exact) mass is 410 g/mol. The molecule has 158 valence electrons. The van der Waals surface area contributed by atoms with Gasteiger partial charge in [-0.1, -0.05) is 13.0 Å². The SMILES string of the molecule is CCc1ccc(C)nc1NC(=O)c1ccc(Cc2c(OC)cc(OC)cc2OC)o1. The Hall–Kier alpha value is -3.48. The summed E-state index contributed by atoms with van der Waals surface area (Å²) in [6.45, 7) is 3.90. The Balaban J connectivity index is 1.82. The van der Waals surface area contributed by atoms with Crippen molar-refractivity contribution in [3.63, 3.8) is 0 Å². The molecule has 0 spiro atoms. The smallest absolute Gasteiger partial charge is 0.292 e. The van der Waals surface area contributed by atoms with E-state index in [1.165, 1.54) is 0 Å². The first kappa shape index (κ1) is 21.2. The fourth-order valence-corrected chi connectivity index (χ4v) is 3.17. The second kappa shape index (κ2) is 9.35. The second-order valence-electron chi connectivity index (χ2n) is 6.72. The maximum atomic E-state index is 12.7. The van der Waals surface area contributed by atoms with Gasteiger partial charge in [0.15, 0.2) is 5.76 Å². The molecular formula is C23H26N2O5. The van der Waals surface area contributed by atoms with Crippen molar-refractivity contribution in [2.45, 2.75) is 26.7 Å². The predicted molar refractivity (Wildman–Crippen MR) is 114 cm³/mol. The maximum Gasteiger partial charge on any atom is 0.292 e. The number of amides is 1. The summed E-state index contributed by atoms with van der Waals surface area (Å²) in [5.74, 6) is 2.89. The highest BCUT2D eigenvalue weighted by atomic mass is 16.5. The van der Waals surface area contributed by atoms with Crippen LogP contribution in [-0.4, -0.2) is 32.2 Å². The van der Waals surface area contributed by atoms with E-state index >= 15 is 0 Å². The van der Waals surface area contributed by atoms with Gasteiger partial charge in [-0.3, -0.25) is 4.79 Å². The van der Waals surface area contributed by atoms with Crippen LogP contribution in [0.3, 0.4) is 0 Å². The molecule has 30 heavy (non-hydrogen) atoms. The van der Waals surface area contributed by atoms with Crippen LogP contribution in [0.25, 0.3) is 0 Å². The molecule has 1 amide bonds. The van der Waals surface area contributed by atoms with E-state index in [4.69, 9.17) is 18.6 Å². The number of rotatable bonds is 8. The molecule has 3 aromatic rings. The molecule has 0 aliphatic heterocycles. The Bertz CT molecular complexity index is 1020. The lowest BCUT2D eigenvalue weighted by molar-refractivity contribution is 0.0994. The van der Waals surface area contributed by atoms with Gasteiger partial charge in [-0.15, -0.1) is 0 Å².